The molecule has 2 N–H and O–H groups in total. The smallest absolute Gasteiger partial charge is 0.234 e. The number of anilines is 1. The molecule has 3 nitrogen and oxygen atoms in total. The van der Waals surface area contributed by atoms with Crippen molar-refractivity contribution >= 4 is 63.1 Å². The van der Waals surface area contributed by atoms with E-state index >= 15 is 0 Å². The molecule has 1 amide bonds. The summed E-state index contributed by atoms with van der Waals surface area (Å²) in [5.74, 6) is 0.0675. The minimum absolute atomic E-state index is 0.155. The summed E-state index contributed by atoms with van der Waals surface area (Å²) in [6.07, 6.45) is 0. The topological polar surface area (TPSA) is 41.1 Å². The van der Waals surface area contributed by atoms with Gasteiger partial charge in [-0.2, -0.15) is 0 Å². The number of thiocarbonyl (C=S) groups is 1. The molecule has 0 saturated heterocycles. The van der Waals surface area contributed by atoms with Crippen molar-refractivity contribution in [3.8, 4) is 0 Å². The van der Waals surface area contributed by atoms with Crippen LogP contribution in [0.2, 0.25) is 10.0 Å². The first kappa shape index (κ1) is 19.1. The number of halogens is 2. The lowest BCUT2D eigenvalue weighted by molar-refractivity contribution is -0.113. The van der Waals surface area contributed by atoms with E-state index in [0.717, 1.165) is 5.56 Å². The Morgan fingerprint density at radius 3 is 2.50 bits per heavy atom. The van der Waals surface area contributed by atoms with Crippen molar-refractivity contribution in [1.29, 1.82) is 0 Å². The fourth-order valence-corrected chi connectivity index (χ4v) is 2.89. The van der Waals surface area contributed by atoms with E-state index < -0.39 is 0 Å². The van der Waals surface area contributed by atoms with E-state index in [4.69, 9.17) is 35.4 Å². The molecule has 0 radical (unpaired) electrons. The predicted molar refractivity (Wildman–Crippen MR) is 108 cm³/mol. The lowest BCUT2D eigenvalue weighted by Gasteiger charge is -2.09. The molecule has 0 aromatic heterocycles. The zero-order valence-corrected chi connectivity index (χ0v) is 16.1. The quantitative estimate of drug-likeness (QED) is 0.691. The molecule has 0 bridgehead atoms. The minimum atomic E-state index is -0.155. The molecular formula is C17H16Cl2N2OS2. The molecular weight excluding hydrogens is 383 g/mol. The second kappa shape index (κ2) is 9.28. The van der Waals surface area contributed by atoms with Crippen molar-refractivity contribution in [3.05, 3.63) is 63.6 Å². The summed E-state index contributed by atoms with van der Waals surface area (Å²) in [6.45, 7) is 2.69. The van der Waals surface area contributed by atoms with Crippen LogP contribution >= 0.6 is 47.2 Å². The van der Waals surface area contributed by atoms with Crippen molar-refractivity contribution in [2.24, 2.45) is 0 Å². The first-order valence-corrected chi connectivity index (χ1v) is 9.30. The van der Waals surface area contributed by atoms with Gasteiger partial charge in [-0.25, -0.2) is 0 Å². The summed E-state index contributed by atoms with van der Waals surface area (Å²) in [5, 5.41) is 6.74. The SMILES string of the molecule is Cc1ccc(CNC(=S)SCC(=O)Nc2ccc(Cl)c(Cl)c2)cc1. The Bertz CT molecular complexity index is 736. The number of thioether (sulfide) groups is 1. The molecule has 24 heavy (non-hydrogen) atoms. The normalized spacial score (nSPS) is 10.3. The van der Waals surface area contributed by atoms with Gasteiger partial charge in [-0.05, 0) is 30.7 Å². The molecule has 0 fully saturated rings. The van der Waals surface area contributed by atoms with Crippen LogP contribution in [0, 0.1) is 6.92 Å². The summed E-state index contributed by atoms with van der Waals surface area (Å²) < 4.78 is 0.583. The van der Waals surface area contributed by atoms with E-state index in [1.165, 1.54) is 17.3 Å². The van der Waals surface area contributed by atoms with Gasteiger partial charge in [0.05, 0.1) is 15.8 Å². The number of amides is 1. The van der Waals surface area contributed by atoms with Crippen molar-refractivity contribution in [2.75, 3.05) is 11.1 Å². The number of hydrogen-bond acceptors (Lipinski definition) is 3. The van der Waals surface area contributed by atoms with Crippen LogP contribution in [0.25, 0.3) is 0 Å². The van der Waals surface area contributed by atoms with E-state index in [1.807, 2.05) is 19.1 Å². The third-order valence-corrected chi connectivity index (χ3v) is 5.15. The van der Waals surface area contributed by atoms with E-state index in [1.54, 1.807) is 18.2 Å². The lowest BCUT2D eigenvalue weighted by Crippen LogP contribution is -2.21. The van der Waals surface area contributed by atoms with Gasteiger partial charge in [-0.1, -0.05) is 77.0 Å². The molecule has 0 spiro atoms. The summed E-state index contributed by atoms with van der Waals surface area (Å²) in [5.41, 5.74) is 2.96. The van der Waals surface area contributed by atoms with Gasteiger partial charge in [-0.3, -0.25) is 4.79 Å². The van der Waals surface area contributed by atoms with Crippen LogP contribution < -0.4 is 10.6 Å². The van der Waals surface area contributed by atoms with Crippen LogP contribution in [0.4, 0.5) is 5.69 Å². The Kier molecular flexibility index (Phi) is 7.37. The summed E-state index contributed by atoms with van der Waals surface area (Å²) >= 11 is 18.3. The highest BCUT2D eigenvalue weighted by Crippen LogP contribution is 2.25. The average Bonchev–Trinajstić information content (AvgIpc) is 2.56. The molecule has 0 atom stereocenters. The minimum Gasteiger partial charge on any atom is -0.367 e. The Balaban J connectivity index is 1.73. The fraction of sp³-hybridized carbons (Fsp3) is 0.176. The van der Waals surface area contributed by atoms with Gasteiger partial charge >= 0.3 is 0 Å². The van der Waals surface area contributed by atoms with Crippen LogP contribution in [-0.2, 0) is 11.3 Å². The highest BCUT2D eigenvalue weighted by atomic mass is 35.5. The molecule has 0 saturated carbocycles. The number of nitrogens with one attached hydrogen (secondary N) is 2. The average molecular weight is 399 g/mol. The molecule has 0 heterocycles. The number of carbonyl (C=O) groups excluding carboxylic acids is 1. The van der Waals surface area contributed by atoms with Gasteiger partial charge < -0.3 is 10.6 Å². The molecule has 0 unspecified atom stereocenters. The maximum Gasteiger partial charge on any atom is 0.234 e. The second-order valence-electron chi connectivity index (χ2n) is 5.09. The van der Waals surface area contributed by atoms with Gasteiger partial charge in [-0.15, -0.1) is 0 Å². The van der Waals surface area contributed by atoms with Crippen molar-refractivity contribution in [2.45, 2.75) is 13.5 Å². The molecule has 2 rings (SSSR count). The second-order valence-corrected chi connectivity index (χ2v) is 7.56. The zero-order chi connectivity index (χ0) is 17.5. The highest BCUT2D eigenvalue weighted by Gasteiger charge is 2.07. The van der Waals surface area contributed by atoms with Gasteiger partial charge in [0.15, 0.2) is 0 Å². The maximum atomic E-state index is 11.9. The third-order valence-electron chi connectivity index (χ3n) is 3.10. The largest absolute Gasteiger partial charge is 0.367 e. The van der Waals surface area contributed by atoms with Crippen molar-refractivity contribution in [1.82, 2.24) is 5.32 Å². The summed E-state index contributed by atoms with van der Waals surface area (Å²) in [4.78, 5) is 11.9. The van der Waals surface area contributed by atoms with E-state index in [2.05, 4.69) is 22.8 Å². The Hall–Kier alpha value is -1.27. The number of aryl methyl sites for hydroxylation is 1. The Labute approximate surface area is 161 Å². The standard InChI is InChI=1S/C17H16Cl2N2OS2/c1-11-2-4-12(5-3-11)9-20-17(23)24-10-16(22)21-13-6-7-14(18)15(19)8-13/h2-8H,9-10H2,1H3,(H,20,23)(H,21,22). The van der Waals surface area contributed by atoms with Gasteiger partial charge in [0.2, 0.25) is 5.91 Å². The Morgan fingerprint density at radius 2 is 1.83 bits per heavy atom. The summed E-state index contributed by atoms with van der Waals surface area (Å²) in [6, 6.07) is 13.2. The van der Waals surface area contributed by atoms with Crippen LogP contribution in [0.15, 0.2) is 42.5 Å². The maximum absolute atomic E-state index is 11.9. The fourth-order valence-electron chi connectivity index (χ4n) is 1.83. The molecule has 126 valence electrons. The number of rotatable bonds is 5. The molecule has 2 aromatic rings. The third kappa shape index (κ3) is 6.32. The predicted octanol–water partition coefficient (Wildman–Crippen LogP) is 5.05. The van der Waals surface area contributed by atoms with Crippen molar-refractivity contribution in [3.63, 3.8) is 0 Å². The highest BCUT2D eigenvalue weighted by molar-refractivity contribution is 8.23. The van der Waals surface area contributed by atoms with Crippen LogP contribution in [0.1, 0.15) is 11.1 Å². The monoisotopic (exact) mass is 398 g/mol. The first-order chi connectivity index (χ1) is 11.4. The molecule has 0 aliphatic carbocycles. The molecule has 0 aliphatic heterocycles. The Morgan fingerprint density at radius 1 is 1.12 bits per heavy atom. The van der Waals surface area contributed by atoms with Gasteiger partial charge in [0, 0.05) is 12.2 Å². The van der Waals surface area contributed by atoms with E-state index in [0.29, 0.717) is 26.6 Å². The van der Waals surface area contributed by atoms with Gasteiger partial charge in [0.25, 0.3) is 0 Å². The van der Waals surface area contributed by atoms with Gasteiger partial charge in [0.1, 0.15) is 4.32 Å². The zero-order valence-electron chi connectivity index (χ0n) is 12.9. The molecule has 7 heteroatoms. The van der Waals surface area contributed by atoms with Crippen LogP contribution in [-0.4, -0.2) is 16.0 Å². The van der Waals surface area contributed by atoms with E-state index in [-0.39, 0.29) is 11.7 Å². The van der Waals surface area contributed by atoms with Crippen LogP contribution in [0.3, 0.4) is 0 Å². The van der Waals surface area contributed by atoms with E-state index in [9.17, 15) is 4.79 Å². The molecule has 0 aliphatic rings. The number of benzene rings is 2. The lowest BCUT2D eigenvalue weighted by atomic mass is 10.1. The van der Waals surface area contributed by atoms with Crippen LogP contribution in [0.5, 0.6) is 0 Å². The number of hydrogen-bond donors (Lipinski definition) is 2. The molecule has 2 aromatic carbocycles. The first-order valence-electron chi connectivity index (χ1n) is 7.15. The van der Waals surface area contributed by atoms with Crippen molar-refractivity contribution < 1.29 is 4.79 Å². The number of carbonyl (C=O) groups is 1. The summed E-state index contributed by atoms with van der Waals surface area (Å²) in [7, 11) is 0.